The highest BCUT2D eigenvalue weighted by atomic mass is 16.5. The van der Waals surface area contributed by atoms with Gasteiger partial charge in [0.05, 0.1) is 12.6 Å². The fourth-order valence-corrected chi connectivity index (χ4v) is 2.28. The number of rotatable bonds is 4. The first-order valence-corrected chi connectivity index (χ1v) is 6.86. The van der Waals surface area contributed by atoms with Crippen LogP contribution in [0.2, 0.25) is 0 Å². The van der Waals surface area contributed by atoms with Gasteiger partial charge in [0.25, 0.3) is 5.91 Å². The number of carboxylic acid groups (broad SMARTS) is 1. The van der Waals surface area contributed by atoms with Crippen LogP contribution in [0, 0.1) is 0 Å². The third-order valence-electron chi connectivity index (χ3n) is 3.25. The molecule has 0 aromatic heterocycles. The summed E-state index contributed by atoms with van der Waals surface area (Å²) in [5.41, 5.74) is 0. The summed E-state index contributed by atoms with van der Waals surface area (Å²) >= 11 is 0. The molecule has 6 heteroatoms. The second kappa shape index (κ2) is 6.58. The van der Waals surface area contributed by atoms with Crippen molar-refractivity contribution in [1.29, 1.82) is 0 Å². The van der Waals surface area contributed by atoms with Gasteiger partial charge < -0.3 is 19.5 Å². The SMILES string of the molecule is CC(Oc1ccccc1)C(=O)N1CC(C(=O)O)O[C@H](C)C1. The van der Waals surface area contributed by atoms with E-state index in [2.05, 4.69) is 0 Å². The quantitative estimate of drug-likeness (QED) is 0.901. The number of aliphatic carboxylic acids is 1. The van der Waals surface area contributed by atoms with E-state index in [1.165, 1.54) is 4.90 Å². The summed E-state index contributed by atoms with van der Waals surface area (Å²) in [5.74, 6) is -0.689. The van der Waals surface area contributed by atoms with E-state index in [-0.39, 0.29) is 18.6 Å². The normalized spacial score (nSPS) is 23.4. The van der Waals surface area contributed by atoms with E-state index in [4.69, 9.17) is 14.6 Å². The van der Waals surface area contributed by atoms with Crippen molar-refractivity contribution in [2.75, 3.05) is 13.1 Å². The molecule has 21 heavy (non-hydrogen) atoms. The standard InChI is InChI=1S/C15H19NO5/c1-10-8-16(9-13(20-10)15(18)19)14(17)11(2)21-12-6-4-3-5-7-12/h3-7,10-11,13H,8-9H2,1-2H3,(H,18,19)/t10-,11?,13?/m1/s1. The molecule has 0 spiro atoms. The first-order valence-electron chi connectivity index (χ1n) is 6.86. The van der Waals surface area contributed by atoms with Gasteiger partial charge in [-0.2, -0.15) is 0 Å². The molecule has 1 fully saturated rings. The van der Waals surface area contributed by atoms with Gasteiger partial charge in [-0.15, -0.1) is 0 Å². The number of carbonyl (C=O) groups is 2. The van der Waals surface area contributed by atoms with E-state index in [1.807, 2.05) is 18.2 Å². The van der Waals surface area contributed by atoms with E-state index >= 15 is 0 Å². The van der Waals surface area contributed by atoms with Crippen molar-refractivity contribution < 1.29 is 24.2 Å². The van der Waals surface area contributed by atoms with Crippen molar-refractivity contribution in [2.24, 2.45) is 0 Å². The predicted octanol–water partition coefficient (Wildman–Crippen LogP) is 1.15. The van der Waals surface area contributed by atoms with Crippen LogP contribution in [0.3, 0.4) is 0 Å². The maximum Gasteiger partial charge on any atom is 0.334 e. The molecule has 1 aromatic carbocycles. The Morgan fingerprint density at radius 1 is 1.33 bits per heavy atom. The van der Waals surface area contributed by atoms with Gasteiger partial charge in [0.2, 0.25) is 0 Å². The molecule has 1 N–H and O–H groups in total. The first kappa shape index (κ1) is 15.3. The molecular formula is C15H19NO5. The lowest BCUT2D eigenvalue weighted by atomic mass is 10.2. The lowest BCUT2D eigenvalue weighted by Crippen LogP contribution is -2.54. The van der Waals surface area contributed by atoms with Gasteiger partial charge in [-0.3, -0.25) is 4.79 Å². The third-order valence-corrected chi connectivity index (χ3v) is 3.25. The van der Waals surface area contributed by atoms with Crippen LogP contribution in [0.25, 0.3) is 0 Å². The van der Waals surface area contributed by atoms with Crippen LogP contribution < -0.4 is 4.74 Å². The Morgan fingerprint density at radius 2 is 2.00 bits per heavy atom. The molecule has 1 aliphatic heterocycles. The summed E-state index contributed by atoms with van der Waals surface area (Å²) in [6, 6.07) is 9.05. The molecule has 1 saturated heterocycles. The van der Waals surface area contributed by atoms with Gasteiger partial charge in [-0.1, -0.05) is 18.2 Å². The lowest BCUT2D eigenvalue weighted by molar-refractivity contribution is -0.168. The molecule has 3 atom stereocenters. The lowest BCUT2D eigenvalue weighted by Gasteiger charge is -2.36. The van der Waals surface area contributed by atoms with Crippen molar-refractivity contribution >= 4 is 11.9 Å². The van der Waals surface area contributed by atoms with Crippen LogP contribution in [-0.2, 0) is 14.3 Å². The highest BCUT2D eigenvalue weighted by molar-refractivity contribution is 5.82. The van der Waals surface area contributed by atoms with Crippen molar-refractivity contribution in [3.05, 3.63) is 30.3 Å². The van der Waals surface area contributed by atoms with Crippen molar-refractivity contribution in [3.8, 4) is 5.75 Å². The van der Waals surface area contributed by atoms with Gasteiger partial charge in [0.1, 0.15) is 5.75 Å². The van der Waals surface area contributed by atoms with Crippen LogP contribution in [0.1, 0.15) is 13.8 Å². The number of ether oxygens (including phenoxy) is 2. The number of para-hydroxylation sites is 1. The number of benzene rings is 1. The number of carboxylic acids is 1. The molecule has 2 unspecified atom stereocenters. The van der Waals surface area contributed by atoms with Crippen LogP contribution in [0.5, 0.6) is 5.75 Å². The number of carbonyl (C=O) groups excluding carboxylic acids is 1. The molecule has 2 rings (SSSR count). The number of amides is 1. The molecular weight excluding hydrogens is 274 g/mol. The summed E-state index contributed by atoms with van der Waals surface area (Å²) in [6.07, 6.45) is -1.97. The van der Waals surface area contributed by atoms with Crippen molar-refractivity contribution in [3.63, 3.8) is 0 Å². The van der Waals surface area contributed by atoms with Gasteiger partial charge in [0, 0.05) is 6.54 Å². The summed E-state index contributed by atoms with van der Waals surface area (Å²) in [4.78, 5) is 24.9. The van der Waals surface area contributed by atoms with Gasteiger partial charge >= 0.3 is 5.97 Å². The van der Waals surface area contributed by atoms with E-state index < -0.39 is 18.2 Å². The zero-order chi connectivity index (χ0) is 15.4. The predicted molar refractivity (Wildman–Crippen MR) is 75.1 cm³/mol. The minimum atomic E-state index is -1.06. The van der Waals surface area contributed by atoms with Crippen molar-refractivity contribution in [1.82, 2.24) is 4.90 Å². The Bertz CT molecular complexity index is 504. The van der Waals surface area contributed by atoms with Crippen LogP contribution in [0.4, 0.5) is 0 Å². The van der Waals surface area contributed by atoms with Crippen LogP contribution in [0.15, 0.2) is 30.3 Å². The minimum Gasteiger partial charge on any atom is -0.481 e. The monoisotopic (exact) mass is 293 g/mol. The molecule has 6 nitrogen and oxygen atoms in total. The van der Waals surface area contributed by atoms with Crippen molar-refractivity contribution in [2.45, 2.75) is 32.2 Å². The molecule has 1 heterocycles. The fraction of sp³-hybridized carbons (Fsp3) is 0.467. The molecule has 1 aliphatic rings. The average Bonchev–Trinajstić information content (AvgIpc) is 2.46. The Morgan fingerprint density at radius 3 is 2.62 bits per heavy atom. The zero-order valence-corrected chi connectivity index (χ0v) is 12.1. The highest BCUT2D eigenvalue weighted by Gasteiger charge is 2.34. The Kier molecular flexibility index (Phi) is 4.80. The highest BCUT2D eigenvalue weighted by Crippen LogP contribution is 2.16. The second-order valence-corrected chi connectivity index (χ2v) is 5.09. The van der Waals surface area contributed by atoms with Crippen LogP contribution >= 0.6 is 0 Å². The van der Waals surface area contributed by atoms with Gasteiger partial charge in [-0.05, 0) is 26.0 Å². The number of morpholine rings is 1. The zero-order valence-electron chi connectivity index (χ0n) is 12.1. The largest absolute Gasteiger partial charge is 0.481 e. The molecule has 1 aromatic rings. The minimum absolute atomic E-state index is 0.0427. The van der Waals surface area contributed by atoms with Gasteiger partial charge in [0.15, 0.2) is 12.2 Å². The third kappa shape index (κ3) is 3.95. The number of hydrogen-bond acceptors (Lipinski definition) is 4. The fourth-order valence-electron chi connectivity index (χ4n) is 2.28. The number of nitrogens with zero attached hydrogens (tertiary/aromatic N) is 1. The second-order valence-electron chi connectivity index (χ2n) is 5.09. The molecule has 1 amide bonds. The smallest absolute Gasteiger partial charge is 0.334 e. The first-order chi connectivity index (χ1) is 9.97. The maximum absolute atomic E-state index is 12.4. The summed E-state index contributed by atoms with van der Waals surface area (Å²) in [7, 11) is 0. The Hall–Kier alpha value is -2.08. The summed E-state index contributed by atoms with van der Waals surface area (Å²) in [5, 5.41) is 9.04. The summed E-state index contributed by atoms with van der Waals surface area (Å²) in [6.45, 7) is 3.81. The summed E-state index contributed by atoms with van der Waals surface area (Å²) < 4.78 is 10.9. The Labute approximate surface area is 123 Å². The van der Waals surface area contributed by atoms with Gasteiger partial charge in [-0.25, -0.2) is 4.79 Å². The average molecular weight is 293 g/mol. The van der Waals surface area contributed by atoms with E-state index in [0.717, 1.165) is 0 Å². The van der Waals surface area contributed by atoms with E-state index in [9.17, 15) is 9.59 Å². The number of hydrogen-bond donors (Lipinski definition) is 1. The molecule has 0 radical (unpaired) electrons. The molecule has 114 valence electrons. The molecule has 0 bridgehead atoms. The van der Waals surface area contributed by atoms with Crippen LogP contribution in [-0.4, -0.2) is 53.3 Å². The van der Waals surface area contributed by atoms with E-state index in [1.54, 1.807) is 26.0 Å². The molecule has 0 saturated carbocycles. The Balaban J connectivity index is 1.99. The van der Waals surface area contributed by atoms with E-state index in [0.29, 0.717) is 12.3 Å². The topological polar surface area (TPSA) is 76.1 Å². The molecule has 0 aliphatic carbocycles. The maximum atomic E-state index is 12.4.